The van der Waals surface area contributed by atoms with Crippen LogP contribution in [-0.2, 0) is 4.79 Å². The minimum atomic E-state index is -0.306. The van der Waals surface area contributed by atoms with Gasteiger partial charge >= 0.3 is 0 Å². The summed E-state index contributed by atoms with van der Waals surface area (Å²) in [4.78, 5) is 14.1. The molecule has 1 fully saturated rings. The molecular weight excluding hydrogens is 254 g/mol. The molecule has 0 aromatic heterocycles. The Kier molecular flexibility index (Phi) is 4.62. The number of nitrogens with two attached hydrogens (primary N) is 1. The number of hydrogen-bond acceptors (Lipinski definition) is 4. The fraction of sp³-hybridized carbons (Fsp3) is 0.533. The molecule has 5 heteroatoms. The summed E-state index contributed by atoms with van der Waals surface area (Å²) in [5.41, 5.74) is 8.23. The van der Waals surface area contributed by atoms with Gasteiger partial charge in [0.05, 0.1) is 12.6 Å². The van der Waals surface area contributed by atoms with Gasteiger partial charge in [0.15, 0.2) is 0 Å². The fourth-order valence-electron chi connectivity index (χ4n) is 2.52. The first-order chi connectivity index (χ1) is 9.45. The highest BCUT2D eigenvalue weighted by atomic mass is 16.3. The summed E-state index contributed by atoms with van der Waals surface area (Å²) < 4.78 is 0. The van der Waals surface area contributed by atoms with Crippen LogP contribution in [0, 0.1) is 12.8 Å². The van der Waals surface area contributed by atoms with E-state index in [1.54, 1.807) is 6.07 Å². The Morgan fingerprint density at radius 2 is 2.35 bits per heavy atom. The van der Waals surface area contributed by atoms with Crippen LogP contribution in [0.1, 0.15) is 18.9 Å². The molecule has 0 saturated carbocycles. The molecule has 1 aliphatic heterocycles. The van der Waals surface area contributed by atoms with E-state index >= 15 is 0 Å². The van der Waals surface area contributed by atoms with Gasteiger partial charge in [-0.15, -0.1) is 0 Å². The van der Waals surface area contributed by atoms with E-state index in [1.165, 1.54) is 0 Å². The van der Waals surface area contributed by atoms with E-state index in [0.717, 1.165) is 30.8 Å². The molecule has 2 rings (SSSR count). The van der Waals surface area contributed by atoms with Crippen LogP contribution in [0.3, 0.4) is 0 Å². The largest absolute Gasteiger partial charge is 0.398 e. The van der Waals surface area contributed by atoms with Crippen LogP contribution < -0.4 is 11.1 Å². The highest BCUT2D eigenvalue weighted by Gasteiger charge is 2.26. The SMILES string of the molecule is Cc1ccc(NC(=O)CN2CCC(C(C)O)C2)cc1N. The number of hydrogen-bond donors (Lipinski definition) is 3. The van der Waals surface area contributed by atoms with Gasteiger partial charge in [0.25, 0.3) is 0 Å². The Hall–Kier alpha value is -1.59. The van der Waals surface area contributed by atoms with Gasteiger partial charge in [-0.1, -0.05) is 6.07 Å². The molecule has 1 amide bonds. The van der Waals surface area contributed by atoms with Crippen LogP contribution in [0.15, 0.2) is 18.2 Å². The minimum absolute atomic E-state index is 0.0421. The fourth-order valence-corrected chi connectivity index (χ4v) is 2.52. The van der Waals surface area contributed by atoms with Crippen molar-refractivity contribution in [3.05, 3.63) is 23.8 Å². The third-order valence-corrected chi connectivity index (χ3v) is 3.92. The van der Waals surface area contributed by atoms with Crippen LogP contribution >= 0.6 is 0 Å². The van der Waals surface area contributed by atoms with Crippen LogP contribution in [0.2, 0.25) is 0 Å². The van der Waals surface area contributed by atoms with E-state index in [-0.39, 0.29) is 17.9 Å². The first-order valence-electron chi connectivity index (χ1n) is 7.02. The number of carbonyl (C=O) groups excluding carboxylic acids is 1. The monoisotopic (exact) mass is 277 g/mol. The van der Waals surface area contributed by atoms with E-state index in [9.17, 15) is 9.90 Å². The van der Waals surface area contributed by atoms with Crippen LogP contribution in [0.5, 0.6) is 0 Å². The smallest absolute Gasteiger partial charge is 0.238 e. The van der Waals surface area contributed by atoms with Gasteiger partial charge in [0, 0.05) is 17.9 Å². The molecule has 2 unspecified atom stereocenters. The maximum Gasteiger partial charge on any atom is 0.238 e. The Morgan fingerprint density at radius 3 is 2.95 bits per heavy atom. The number of rotatable bonds is 4. The number of carbonyl (C=O) groups is 1. The molecule has 1 aromatic carbocycles. The lowest BCUT2D eigenvalue weighted by molar-refractivity contribution is -0.117. The van der Waals surface area contributed by atoms with E-state index in [4.69, 9.17) is 5.73 Å². The number of nitrogen functional groups attached to an aromatic ring is 1. The van der Waals surface area contributed by atoms with E-state index in [0.29, 0.717) is 12.2 Å². The van der Waals surface area contributed by atoms with Crippen molar-refractivity contribution in [3.63, 3.8) is 0 Å². The van der Waals surface area contributed by atoms with Crippen molar-refractivity contribution in [2.24, 2.45) is 5.92 Å². The van der Waals surface area contributed by atoms with Crippen molar-refractivity contribution in [1.82, 2.24) is 4.90 Å². The summed E-state index contributed by atoms with van der Waals surface area (Å²) in [6.07, 6.45) is 0.641. The lowest BCUT2D eigenvalue weighted by Gasteiger charge is -2.17. The van der Waals surface area contributed by atoms with E-state index in [1.807, 2.05) is 26.0 Å². The van der Waals surface area contributed by atoms with Crippen LogP contribution in [-0.4, -0.2) is 41.7 Å². The number of amides is 1. The van der Waals surface area contributed by atoms with Crippen molar-refractivity contribution in [1.29, 1.82) is 0 Å². The van der Waals surface area contributed by atoms with Gasteiger partial charge in [-0.05, 0) is 50.4 Å². The van der Waals surface area contributed by atoms with Gasteiger partial charge in [-0.2, -0.15) is 0 Å². The average Bonchev–Trinajstić information content (AvgIpc) is 2.82. The second-order valence-electron chi connectivity index (χ2n) is 5.64. The quantitative estimate of drug-likeness (QED) is 0.723. The number of likely N-dealkylation sites (tertiary alicyclic amines) is 1. The van der Waals surface area contributed by atoms with Gasteiger partial charge < -0.3 is 16.2 Å². The molecule has 0 bridgehead atoms. The number of benzene rings is 1. The van der Waals surface area contributed by atoms with Gasteiger partial charge in [0.2, 0.25) is 5.91 Å². The number of nitrogens with zero attached hydrogens (tertiary/aromatic N) is 1. The highest BCUT2D eigenvalue weighted by molar-refractivity contribution is 5.92. The number of nitrogens with one attached hydrogen (secondary N) is 1. The molecule has 1 saturated heterocycles. The Balaban J connectivity index is 1.85. The third kappa shape index (κ3) is 3.71. The van der Waals surface area contributed by atoms with Gasteiger partial charge in [-0.3, -0.25) is 9.69 Å². The Morgan fingerprint density at radius 1 is 1.60 bits per heavy atom. The summed E-state index contributed by atoms with van der Waals surface area (Å²) in [6, 6.07) is 5.52. The lowest BCUT2D eigenvalue weighted by atomic mass is 10.0. The molecule has 1 heterocycles. The zero-order valence-corrected chi connectivity index (χ0v) is 12.1. The second kappa shape index (κ2) is 6.24. The summed E-state index contributed by atoms with van der Waals surface area (Å²) >= 11 is 0. The van der Waals surface area contributed by atoms with Crippen molar-refractivity contribution in [2.75, 3.05) is 30.7 Å². The summed E-state index contributed by atoms with van der Waals surface area (Å²) in [5.74, 6) is 0.234. The molecule has 20 heavy (non-hydrogen) atoms. The Labute approximate surface area is 119 Å². The molecule has 1 aromatic rings. The van der Waals surface area contributed by atoms with E-state index in [2.05, 4.69) is 10.2 Å². The van der Waals surface area contributed by atoms with E-state index < -0.39 is 0 Å². The maximum absolute atomic E-state index is 12.0. The molecule has 2 atom stereocenters. The first-order valence-corrected chi connectivity index (χ1v) is 7.02. The van der Waals surface area contributed by atoms with Crippen molar-refractivity contribution < 1.29 is 9.90 Å². The predicted octanol–water partition coefficient (Wildman–Crippen LogP) is 1.22. The number of aryl methyl sites for hydroxylation is 1. The zero-order chi connectivity index (χ0) is 14.7. The summed E-state index contributed by atoms with van der Waals surface area (Å²) in [6.45, 7) is 5.74. The molecule has 5 nitrogen and oxygen atoms in total. The number of anilines is 2. The topological polar surface area (TPSA) is 78.6 Å². The molecule has 4 N–H and O–H groups in total. The third-order valence-electron chi connectivity index (χ3n) is 3.92. The Bertz CT molecular complexity index is 488. The summed E-state index contributed by atoms with van der Waals surface area (Å²) in [5, 5.41) is 12.4. The van der Waals surface area contributed by atoms with Gasteiger partial charge in [-0.25, -0.2) is 0 Å². The molecule has 110 valence electrons. The first kappa shape index (κ1) is 14.8. The average molecular weight is 277 g/mol. The van der Waals surface area contributed by atoms with Crippen molar-refractivity contribution in [2.45, 2.75) is 26.4 Å². The molecule has 0 radical (unpaired) electrons. The zero-order valence-electron chi connectivity index (χ0n) is 12.1. The minimum Gasteiger partial charge on any atom is -0.398 e. The maximum atomic E-state index is 12.0. The van der Waals surface area contributed by atoms with Crippen molar-refractivity contribution >= 4 is 17.3 Å². The van der Waals surface area contributed by atoms with Gasteiger partial charge in [0.1, 0.15) is 0 Å². The standard InChI is InChI=1S/C15H23N3O2/c1-10-3-4-13(7-14(10)16)17-15(20)9-18-6-5-12(8-18)11(2)19/h3-4,7,11-12,19H,5-6,8-9,16H2,1-2H3,(H,17,20). The van der Waals surface area contributed by atoms with Crippen LogP contribution in [0.25, 0.3) is 0 Å². The lowest BCUT2D eigenvalue weighted by Crippen LogP contribution is -2.32. The molecule has 0 aliphatic carbocycles. The summed E-state index contributed by atoms with van der Waals surface area (Å²) in [7, 11) is 0. The predicted molar refractivity (Wildman–Crippen MR) is 80.4 cm³/mol. The van der Waals surface area contributed by atoms with Crippen LogP contribution in [0.4, 0.5) is 11.4 Å². The normalized spacial score (nSPS) is 20.9. The molecular formula is C15H23N3O2. The number of aliphatic hydroxyl groups excluding tert-OH is 1. The highest BCUT2D eigenvalue weighted by Crippen LogP contribution is 2.20. The molecule has 0 spiro atoms. The number of aliphatic hydroxyl groups is 1. The molecule has 1 aliphatic rings. The second-order valence-corrected chi connectivity index (χ2v) is 5.64. The van der Waals surface area contributed by atoms with Crippen molar-refractivity contribution in [3.8, 4) is 0 Å².